The van der Waals surface area contributed by atoms with Gasteiger partial charge in [-0.25, -0.2) is 0 Å². The highest BCUT2D eigenvalue weighted by molar-refractivity contribution is 5.77. The average Bonchev–Trinajstić information content (AvgIpc) is 3.44. The van der Waals surface area contributed by atoms with Gasteiger partial charge in [-0.3, -0.25) is 9.69 Å². The molecule has 0 unspecified atom stereocenters. The third-order valence-corrected chi connectivity index (χ3v) is 8.21. The molecule has 3 aliphatic rings. The van der Waals surface area contributed by atoms with Crippen LogP contribution in [-0.4, -0.2) is 56.2 Å². The Morgan fingerprint density at radius 2 is 1.87 bits per heavy atom. The quantitative estimate of drug-likeness (QED) is 0.622. The van der Waals surface area contributed by atoms with Crippen molar-refractivity contribution in [3.63, 3.8) is 0 Å². The Kier molecular flexibility index (Phi) is 7.10. The number of piperidine rings is 1. The van der Waals surface area contributed by atoms with Gasteiger partial charge in [0.2, 0.25) is 0 Å². The number of carbonyl (C=O) groups is 1. The zero-order valence-electron chi connectivity index (χ0n) is 19.8. The molecule has 5 heteroatoms. The van der Waals surface area contributed by atoms with Gasteiger partial charge >= 0.3 is 5.97 Å². The molecular weight excluding hydrogens is 386 g/mol. The Morgan fingerprint density at radius 3 is 2.48 bits per heavy atom. The molecule has 1 aromatic carbocycles. The van der Waals surface area contributed by atoms with Crippen LogP contribution in [0.5, 0.6) is 0 Å². The number of hydrogen-bond acceptors (Lipinski definition) is 5. The summed E-state index contributed by atoms with van der Waals surface area (Å²) in [6.45, 7) is 9.01. The fourth-order valence-corrected chi connectivity index (χ4v) is 6.26. The van der Waals surface area contributed by atoms with Crippen molar-refractivity contribution < 1.29 is 9.53 Å². The molecule has 0 radical (unpaired) electrons. The Hall–Kier alpha value is -1.75. The lowest BCUT2D eigenvalue weighted by Gasteiger charge is -2.39. The lowest BCUT2D eigenvalue weighted by atomic mass is 9.82. The topological polar surface area (TPSA) is 44.8 Å². The van der Waals surface area contributed by atoms with E-state index < -0.39 is 0 Å². The predicted molar refractivity (Wildman–Crippen MR) is 128 cm³/mol. The molecule has 0 amide bonds. The summed E-state index contributed by atoms with van der Waals surface area (Å²) < 4.78 is 5.12. The van der Waals surface area contributed by atoms with Crippen molar-refractivity contribution in [3.8, 4) is 0 Å². The Balaban J connectivity index is 1.30. The van der Waals surface area contributed by atoms with Crippen molar-refractivity contribution in [2.75, 3.05) is 43.5 Å². The number of aryl methyl sites for hydroxylation is 1. The second-order valence-electron chi connectivity index (χ2n) is 10.1. The first-order valence-corrected chi connectivity index (χ1v) is 12.5. The van der Waals surface area contributed by atoms with Crippen LogP contribution in [0.15, 0.2) is 18.2 Å². The molecule has 0 aromatic heterocycles. The van der Waals surface area contributed by atoms with Crippen LogP contribution in [0.4, 0.5) is 11.4 Å². The molecule has 2 heterocycles. The molecule has 2 aliphatic heterocycles. The summed E-state index contributed by atoms with van der Waals surface area (Å²) in [6, 6.07) is 8.35. The van der Waals surface area contributed by atoms with Crippen molar-refractivity contribution in [1.82, 2.24) is 4.90 Å². The summed E-state index contributed by atoms with van der Waals surface area (Å²) in [5.74, 6) is -0.0226. The molecular formula is C26H41N3O2. The van der Waals surface area contributed by atoms with Gasteiger partial charge < -0.3 is 15.0 Å². The van der Waals surface area contributed by atoms with E-state index >= 15 is 0 Å². The summed E-state index contributed by atoms with van der Waals surface area (Å²) in [6.07, 6.45) is 10.3. The zero-order chi connectivity index (χ0) is 21.8. The number of rotatable bonds is 7. The first-order valence-electron chi connectivity index (χ1n) is 12.5. The lowest BCUT2D eigenvalue weighted by molar-refractivity contribution is -0.152. The Labute approximate surface area is 188 Å². The van der Waals surface area contributed by atoms with E-state index in [2.05, 4.69) is 47.2 Å². The predicted octanol–water partition coefficient (Wildman–Crippen LogP) is 4.98. The minimum atomic E-state index is -0.271. The van der Waals surface area contributed by atoms with E-state index in [4.69, 9.17) is 4.74 Å². The largest absolute Gasteiger partial charge is 0.469 e. The number of carbonyl (C=O) groups excluding carboxylic acids is 1. The Bertz CT molecular complexity index is 751. The van der Waals surface area contributed by atoms with Gasteiger partial charge in [0, 0.05) is 43.1 Å². The summed E-state index contributed by atoms with van der Waals surface area (Å²) in [4.78, 5) is 17.6. The first-order chi connectivity index (χ1) is 15.0. The molecule has 0 spiro atoms. The van der Waals surface area contributed by atoms with Crippen molar-refractivity contribution in [3.05, 3.63) is 23.8 Å². The number of anilines is 2. The van der Waals surface area contributed by atoms with E-state index in [1.165, 1.54) is 56.3 Å². The molecule has 5 nitrogen and oxygen atoms in total. The number of ether oxygens (including phenoxy) is 1. The SMILES string of the molecule is COC(=O)C1(CCNc2ccc(N3CCC(N4CCC[C@@H]4C)CC3)cc2C)CCCC1. The fourth-order valence-electron chi connectivity index (χ4n) is 6.26. The van der Waals surface area contributed by atoms with Gasteiger partial charge in [0.25, 0.3) is 0 Å². The second-order valence-corrected chi connectivity index (χ2v) is 10.1. The lowest BCUT2D eigenvalue weighted by Crippen LogP contribution is -2.46. The second kappa shape index (κ2) is 9.81. The minimum Gasteiger partial charge on any atom is -0.469 e. The normalized spacial score (nSPS) is 24.5. The van der Waals surface area contributed by atoms with Gasteiger partial charge in [-0.15, -0.1) is 0 Å². The molecule has 4 rings (SSSR count). The maximum absolute atomic E-state index is 12.3. The number of nitrogens with one attached hydrogen (secondary N) is 1. The summed E-state index contributed by atoms with van der Waals surface area (Å²) in [5.41, 5.74) is 3.54. The molecule has 172 valence electrons. The van der Waals surface area contributed by atoms with E-state index in [9.17, 15) is 4.79 Å². The average molecular weight is 428 g/mol. The number of esters is 1. The van der Waals surface area contributed by atoms with Gasteiger partial charge in [-0.2, -0.15) is 0 Å². The van der Waals surface area contributed by atoms with Gasteiger partial charge in [-0.1, -0.05) is 12.8 Å². The van der Waals surface area contributed by atoms with Crippen molar-refractivity contribution in [2.24, 2.45) is 5.41 Å². The first kappa shape index (κ1) is 22.4. The molecule has 1 saturated carbocycles. The number of methoxy groups -OCH3 is 1. The number of likely N-dealkylation sites (tertiary alicyclic amines) is 1. The van der Waals surface area contributed by atoms with E-state index in [0.717, 1.165) is 63.8 Å². The smallest absolute Gasteiger partial charge is 0.311 e. The standard InChI is InChI=1S/C26H41N3O2/c1-20-19-23(28-17-10-22(11-18-28)29-16-6-7-21(29)2)8-9-24(20)27-15-14-26(25(30)31-3)12-4-5-13-26/h8-9,19,21-22,27H,4-7,10-18H2,1-3H3/t21-/m0/s1. The van der Waals surface area contributed by atoms with Gasteiger partial charge in [-0.05, 0) is 89.1 Å². The zero-order valence-corrected chi connectivity index (χ0v) is 19.8. The third kappa shape index (κ3) is 4.87. The number of benzene rings is 1. The van der Waals surface area contributed by atoms with Crippen LogP contribution < -0.4 is 10.2 Å². The van der Waals surface area contributed by atoms with Crippen LogP contribution in [0.1, 0.15) is 70.3 Å². The fraction of sp³-hybridized carbons (Fsp3) is 0.731. The van der Waals surface area contributed by atoms with Crippen LogP contribution in [-0.2, 0) is 9.53 Å². The molecule has 1 N–H and O–H groups in total. The van der Waals surface area contributed by atoms with Crippen LogP contribution in [0.2, 0.25) is 0 Å². The molecule has 1 aliphatic carbocycles. The van der Waals surface area contributed by atoms with Crippen LogP contribution in [0, 0.1) is 12.3 Å². The van der Waals surface area contributed by atoms with Crippen LogP contribution >= 0.6 is 0 Å². The molecule has 0 bridgehead atoms. The van der Waals surface area contributed by atoms with E-state index in [1.54, 1.807) is 0 Å². The van der Waals surface area contributed by atoms with Crippen molar-refractivity contribution in [1.29, 1.82) is 0 Å². The highest BCUT2D eigenvalue weighted by Gasteiger charge is 2.41. The molecule has 2 saturated heterocycles. The van der Waals surface area contributed by atoms with E-state index in [1.807, 2.05) is 0 Å². The minimum absolute atomic E-state index is 0.0226. The van der Waals surface area contributed by atoms with Gasteiger partial charge in [0.05, 0.1) is 12.5 Å². The highest BCUT2D eigenvalue weighted by atomic mass is 16.5. The summed E-state index contributed by atoms with van der Waals surface area (Å²) >= 11 is 0. The van der Waals surface area contributed by atoms with Crippen LogP contribution in [0.25, 0.3) is 0 Å². The highest BCUT2D eigenvalue weighted by Crippen LogP contribution is 2.42. The number of hydrogen-bond donors (Lipinski definition) is 1. The summed E-state index contributed by atoms with van der Waals surface area (Å²) in [7, 11) is 1.52. The maximum Gasteiger partial charge on any atom is 0.311 e. The molecule has 1 aromatic rings. The molecule has 31 heavy (non-hydrogen) atoms. The van der Waals surface area contributed by atoms with Gasteiger partial charge in [0.15, 0.2) is 0 Å². The van der Waals surface area contributed by atoms with E-state index in [-0.39, 0.29) is 11.4 Å². The van der Waals surface area contributed by atoms with Crippen LogP contribution in [0.3, 0.4) is 0 Å². The van der Waals surface area contributed by atoms with Gasteiger partial charge in [0.1, 0.15) is 0 Å². The maximum atomic E-state index is 12.3. The van der Waals surface area contributed by atoms with Crippen molar-refractivity contribution in [2.45, 2.75) is 83.7 Å². The monoisotopic (exact) mass is 427 g/mol. The molecule has 1 atom stereocenters. The van der Waals surface area contributed by atoms with Crippen molar-refractivity contribution >= 4 is 17.3 Å². The van der Waals surface area contributed by atoms with E-state index in [0.29, 0.717) is 0 Å². The number of nitrogens with zero attached hydrogens (tertiary/aromatic N) is 2. The Morgan fingerprint density at radius 1 is 1.13 bits per heavy atom. The summed E-state index contributed by atoms with van der Waals surface area (Å²) in [5, 5.41) is 3.59. The molecule has 3 fully saturated rings. The third-order valence-electron chi connectivity index (χ3n) is 8.21.